The molecule has 52 heavy (non-hydrogen) atoms. The summed E-state index contributed by atoms with van der Waals surface area (Å²) < 4.78 is 2.17. The first-order chi connectivity index (χ1) is 23.9. The smallest absolute Gasteiger partial charge is 0.0795 e. The summed E-state index contributed by atoms with van der Waals surface area (Å²) in [5.74, 6) is 0.824. The zero-order valence-corrected chi connectivity index (χ0v) is 35.6. The summed E-state index contributed by atoms with van der Waals surface area (Å²) in [6.45, 7) is 7.00. The van der Waals surface area contributed by atoms with Gasteiger partial charge in [0.05, 0.1) is 19.1 Å². The summed E-state index contributed by atoms with van der Waals surface area (Å²) in [5.41, 5.74) is 10.2. The first kappa shape index (κ1) is 40.7. The summed E-state index contributed by atoms with van der Waals surface area (Å²) in [6, 6.07) is 64.8. The van der Waals surface area contributed by atoms with Gasteiger partial charge in [-0.05, 0) is 41.0 Å². The van der Waals surface area contributed by atoms with Crippen LogP contribution in [0.3, 0.4) is 0 Å². The molecule has 253 valence electrons. The van der Waals surface area contributed by atoms with Gasteiger partial charge in [-0.1, -0.05) is 104 Å². The minimum atomic E-state index is -1.23. The molecule has 2 heterocycles. The van der Waals surface area contributed by atoms with Crippen LogP contribution in [0.4, 0.5) is 0 Å². The molecule has 0 saturated carbocycles. The zero-order valence-electron chi connectivity index (χ0n) is 29.3. The van der Waals surface area contributed by atoms with Crippen LogP contribution in [0, 0.1) is 24.3 Å². The van der Waals surface area contributed by atoms with Crippen molar-refractivity contribution in [1.29, 1.82) is 0 Å². The number of imidazole rings is 1. The van der Waals surface area contributed by atoms with Crippen LogP contribution < -0.4 is 5.19 Å². The SMILES string of the molecule is C[Si](C)(C)c1ccc(-c2[c-]cccc2)nc1.[B].[Ir].[Y].[c-]1ccc(-c2[c-]cc(-c3ccccc3)cc2)[c-]c1-c1nc2ccccc2n1-c1ccccc1. The molecular weight excluding hydrogens is 903 g/mol. The number of rotatable bonds is 6. The van der Waals surface area contributed by atoms with Crippen LogP contribution in [-0.4, -0.2) is 31.0 Å². The maximum absolute atomic E-state index is 4.94. The third-order valence-electron chi connectivity index (χ3n) is 8.36. The van der Waals surface area contributed by atoms with E-state index in [0.717, 1.165) is 56.1 Å². The van der Waals surface area contributed by atoms with Gasteiger partial charge in [-0.25, -0.2) is 6.07 Å². The number of nitrogens with zero attached hydrogens (tertiary/aromatic N) is 3. The van der Waals surface area contributed by atoms with Gasteiger partial charge in [0.2, 0.25) is 0 Å². The van der Waals surface area contributed by atoms with Gasteiger partial charge in [0.1, 0.15) is 0 Å². The molecule has 0 N–H and O–H groups in total. The van der Waals surface area contributed by atoms with Crippen LogP contribution in [-0.2, 0) is 52.8 Å². The molecule has 5 radical (unpaired) electrons. The van der Waals surface area contributed by atoms with E-state index in [2.05, 4.69) is 120 Å². The minimum Gasteiger partial charge on any atom is -0.374 e. The topological polar surface area (TPSA) is 30.7 Å². The van der Waals surface area contributed by atoms with Crippen LogP contribution in [0.15, 0.2) is 158 Å². The zero-order chi connectivity index (χ0) is 33.6. The standard InChI is InChI=1S/C31H19N2.C14H16NSi.B.Ir.Y/c1-3-10-23(11-4-1)24-18-20-25(21-19-24)26-12-9-13-27(22-26)31-32-29-16-7-8-17-30(29)33(31)28-14-5-2-6-15-28;1-16(2,3)13-9-10-14(15-11-13)12-7-5-4-6-8-12;;;/h1-12,14-20H;4-7,9-11H,1-3H3;;;/q-3;-1;;;. The van der Waals surface area contributed by atoms with Gasteiger partial charge >= 0.3 is 0 Å². The van der Waals surface area contributed by atoms with E-state index in [1.807, 2.05) is 91.1 Å². The predicted octanol–water partition coefficient (Wildman–Crippen LogP) is 10.1. The maximum Gasteiger partial charge on any atom is 0.0795 e. The quantitative estimate of drug-likeness (QED) is 0.123. The average Bonchev–Trinajstić information content (AvgIpc) is 3.56. The van der Waals surface area contributed by atoms with Crippen molar-refractivity contribution < 1.29 is 52.8 Å². The fourth-order valence-corrected chi connectivity index (χ4v) is 6.72. The third-order valence-corrected chi connectivity index (χ3v) is 10.4. The van der Waals surface area contributed by atoms with E-state index >= 15 is 0 Å². The Morgan fingerprint density at radius 3 is 1.96 bits per heavy atom. The fourth-order valence-electron chi connectivity index (χ4n) is 5.68. The van der Waals surface area contributed by atoms with Crippen molar-refractivity contribution >= 4 is 32.7 Å². The number of hydrogen-bond donors (Lipinski definition) is 0. The van der Waals surface area contributed by atoms with Crippen molar-refractivity contribution in [3.63, 3.8) is 0 Å². The molecule has 8 rings (SSSR count). The van der Waals surface area contributed by atoms with Crippen LogP contribution >= 0.6 is 0 Å². The second-order valence-electron chi connectivity index (χ2n) is 12.8. The number of fused-ring (bicyclic) bond motifs is 1. The Morgan fingerprint density at radius 2 is 1.31 bits per heavy atom. The molecule has 8 aromatic rings. The fraction of sp³-hybridized carbons (Fsp3) is 0.0667. The number of benzene rings is 6. The minimum absolute atomic E-state index is 0. The van der Waals surface area contributed by atoms with E-state index in [1.165, 1.54) is 10.8 Å². The van der Waals surface area contributed by atoms with Crippen molar-refractivity contribution in [2.75, 3.05) is 0 Å². The molecule has 0 atom stereocenters. The Balaban J connectivity index is 0.000000272. The van der Waals surface area contributed by atoms with Crippen LogP contribution in [0.5, 0.6) is 0 Å². The van der Waals surface area contributed by atoms with Gasteiger partial charge in [0, 0.05) is 73.1 Å². The van der Waals surface area contributed by atoms with Gasteiger partial charge in [0.25, 0.3) is 0 Å². The Hall–Kier alpha value is -4.02. The van der Waals surface area contributed by atoms with Crippen LogP contribution in [0.1, 0.15) is 0 Å². The summed E-state index contributed by atoms with van der Waals surface area (Å²) in [6.07, 6.45) is 2.02. The van der Waals surface area contributed by atoms with Gasteiger partial charge < -0.3 is 20.6 Å². The van der Waals surface area contributed by atoms with E-state index < -0.39 is 8.07 Å². The van der Waals surface area contributed by atoms with Gasteiger partial charge in [-0.3, -0.25) is 23.3 Å². The van der Waals surface area contributed by atoms with E-state index in [1.54, 1.807) is 0 Å². The number of hydrogen-bond acceptors (Lipinski definition) is 2. The number of pyridine rings is 1. The van der Waals surface area contributed by atoms with E-state index in [-0.39, 0.29) is 61.2 Å². The Morgan fingerprint density at radius 1 is 0.596 bits per heavy atom. The van der Waals surface area contributed by atoms with Crippen LogP contribution in [0.25, 0.3) is 61.6 Å². The van der Waals surface area contributed by atoms with Gasteiger partial charge in [-0.15, -0.1) is 60.2 Å². The monoisotopic (exact) mass is 938 g/mol. The molecule has 0 unspecified atom stereocenters. The molecule has 0 spiro atoms. The summed E-state index contributed by atoms with van der Waals surface area (Å²) in [5, 5.41) is 1.40. The number of aromatic nitrogens is 3. The second-order valence-corrected chi connectivity index (χ2v) is 17.9. The summed E-state index contributed by atoms with van der Waals surface area (Å²) >= 11 is 0. The van der Waals surface area contributed by atoms with Crippen molar-refractivity contribution in [3.8, 4) is 50.6 Å². The third kappa shape index (κ3) is 9.49. The molecule has 6 aromatic carbocycles. The summed E-state index contributed by atoms with van der Waals surface area (Å²) in [4.78, 5) is 9.46. The van der Waals surface area contributed by atoms with Crippen molar-refractivity contribution in [2.45, 2.75) is 19.6 Å². The van der Waals surface area contributed by atoms with Crippen molar-refractivity contribution in [3.05, 3.63) is 182 Å². The molecule has 3 nitrogen and oxygen atoms in total. The second kappa shape index (κ2) is 18.6. The molecule has 0 amide bonds. The molecule has 0 aliphatic rings. The number of para-hydroxylation sites is 3. The largest absolute Gasteiger partial charge is 0.374 e. The first-order valence-corrected chi connectivity index (χ1v) is 19.9. The van der Waals surface area contributed by atoms with Gasteiger partial charge in [0.15, 0.2) is 0 Å². The van der Waals surface area contributed by atoms with E-state index in [4.69, 9.17) is 4.98 Å². The van der Waals surface area contributed by atoms with E-state index in [0.29, 0.717) is 0 Å². The molecule has 7 heteroatoms. The van der Waals surface area contributed by atoms with Crippen molar-refractivity contribution in [1.82, 2.24) is 14.5 Å². The van der Waals surface area contributed by atoms with Gasteiger partial charge in [-0.2, -0.15) is 5.56 Å². The Labute approximate surface area is 349 Å². The Bertz CT molecular complexity index is 2290. The molecule has 0 bridgehead atoms. The van der Waals surface area contributed by atoms with Crippen LogP contribution in [0.2, 0.25) is 19.6 Å². The molecule has 0 aliphatic carbocycles. The first-order valence-electron chi connectivity index (χ1n) is 16.4. The normalized spacial score (nSPS) is 10.5. The molecule has 2 aromatic heterocycles. The molecule has 0 fully saturated rings. The maximum atomic E-state index is 4.94. The predicted molar refractivity (Wildman–Crippen MR) is 211 cm³/mol. The Kier molecular flexibility index (Phi) is 14.6. The molecular formula is C45H35BIrN3SiY-4. The molecule has 0 aliphatic heterocycles. The van der Waals surface area contributed by atoms with E-state index in [9.17, 15) is 0 Å². The summed E-state index contributed by atoms with van der Waals surface area (Å²) in [7, 11) is -1.23. The van der Waals surface area contributed by atoms with Crippen molar-refractivity contribution in [2.24, 2.45) is 0 Å². The average molecular weight is 938 g/mol. The molecule has 0 saturated heterocycles.